The number of benzene rings is 1. The minimum absolute atomic E-state index is 0.110. The first kappa shape index (κ1) is 20.1. The molecule has 3 atom stereocenters. The molecule has 0 unspecified atom stereocenters. The van der Waals surface area contributed by atoms with Crippen LogP contribution in [0, 0.1) is 0 Å². The fourth-order valence-corrected chi connectivity index (χ4v) is 5.94. The van der Waals surface area contributed by atoms with E-state index >= 15 is 0 Å². The van der Waals surface area contributed by atoms with Crippen LogP contribution in [0.25, 0.3) is 0 Å². The monoisotopic (exact) mass is 475 g/mol. The predicted octanol–water partition coefficient (Wildman–Crippen LogP) is -0.225. The fourth-order valence-electron chi connectivity index (χ4n) is 3.21. The highest BCUT2D eigenvalue weighted by Gasteiger charge is 2.69. The second-order valence-corrected chi connectivity index (χ2v) is 9.73. The van der Waals surface area contributed by atoms with Crippen LogP contribution in [0.3, 0.4) is 0 Å². The Hall–Kier alpha value is -2.67. The molecule has 1 aromatic carbocycles. The van der Waals surface area contributed by atoms with Gasteiger partial charge in [0.15, 0.2) is 27.4 Å². The van der Waals surface area contributed by atoms with Crippen molar-refractivity contribution in [2.24, 2.45) is 5.10 Å². The molecule has 0 spiro atoms. The third-order valence-corrected chi connectivity index (χ3v) is 8.27. The maximum absolute atomic E-state index is 12.7. The SMILES string of the molecule is C[C@]1(/C=N/NC(=O)c2ccc(O)c(O)c2Br)[C@H](C(=O)O)N2C(=O)C[C@H]2S1(=O)=O. The summed E-state index contributed by atoms with van der Waals surface area (Å²) in [6, 6.07) is 0.579. The van der Waals surface area contributed by atoms with Gasteiger partial charge in [-0.25, -0.2) is 18.6 Å². The zero-order valence-corrected chi connectivity index (χ0v) is 16.6. The highest BCUT2D eigenvalue weighted by atomic mass is 79.9. The van der Waals surface area contributed by atoms with Crippen LogP contribution >= 0.6 is 15.9 Å². The Balaban J connectivity index is 1.88. The predicted molar refractivity (Wildman–Crippen MR) is 97.4 cm³/mol. The molecule has 0 radical (unpaired) electrons. The second kappa shape index (κ2) is 6.44. The summed E-state index contributed by atoms with van der Waals surface area (Å²) in [5, 5.41) is 30.8. The number of nitrogens with one attached hydrogen (secondary N) is 1. The average molecular weight is 476 g/mol. The molecule has 3 rings (SSSR count). The number of aromatic hydroxyl groups is 2. The van der Waals surface area contributed by atoms with E-state index < -0.39 is 55.3 Å². The second-order valence-electron chi connectivity index (χ2n) is 6.42. The van der Waals surface area contributed by atoms with E-state index in [9.17, 15) is 38.1 Å². The number of carboxylic acid groups (broad SMARTS) is 1. The van der Waals surface area contributed by atoms with Gasteiger partial charge in [-0.3, -0.25) is 9.59 Å². The van der Waals surface area contributed by atoms with Gasteiger partial charge in [0.1, 0.15) is 10.1 Å². The highest BCUT2D eigenvalue weighted by Crippen LogP contribution is 2.45. The van der Waals surface area contributed by atoms with Crippen molar-refractivity contribution < 1.29 is 38.1 Å². The number of hydrogen-bond donors (Lipinski definition) is 4. The number of fused-ring (bicyclic) bond motifs is 1. The Labute approximate surface area is 166 Å². The molecule has 2 fully saturated rings. The summed E-state index contributed by atoms with van der Waals surface area (Å²) in [7, 11) is -4.10. The lowest BCUT2D eigenvalue weighted by molar-refractivity contribution is -0.156. The smallest absolute Gasteiger partial charge is 0.328 e. The van der Waals surface area contributed by atoms with Gasteiger partial charge in [0.2, 0.25) is 5.91 Å². The maximum Gasteiger partial charge on any atom is 0.328 e. The molecule has 11 nitrogen and oxygen atoms in total. The van der Waals surface area contributed by atoms with Crippen LogP contribution in [0.4, 0.5) is 0 Å². The molecule has 0 saturated carbocycles. The first-order chi connectivity index (χ1) is 12.9. The lowest BCUT2D eigenvalue weighted by Crippen LogP contribution is -2.57. The van der Waals surface area contributed by atoms with Gasteiger partial charge in [-0.15, -0.1) is 0 Å². The first-order valence-electron chi connectivity index (χ1n) is 7.76. The lowest BCUT2D eigenvalue weighted by Gasteiger charge is -2.35. The molecule has 28 heavy (non-hydrogen) atoms. The number of carbonyl (C=O) groups is 3. The van der Waals surface area contributed by atoms with Gasteiger partial charge in [-0.2, -0.15) is 5.10 Å². The van der Waals surface area contributed by atoms with Crippen molar-refractivity contribution in [3.63, 3.8) is 0 Å². The number of sulfone groups is 1. The molecule has 2 saturated heterocycles. The molecule has 2 aliphatic rings. The van der Waals surface area contributed by atoms with Crippen LogP contribution in [0.2, 0.25) is 0 Å². The van der Waals surface area contributed by atoms with E-state index in [1.165, 1.54) is 6.07 Å². The van der Waals surface area contributed by atoms with Crippen LogP contribution in [-0.4, -0.2) is 68.8 Å². The van der Waals surface area contributed by atoms with Gasteiger partial charge in [0.25, 0.3) is 5.91 Å². The largest absolute Gasteiger partial charge is 0.504 e. The number of hydrogen-bond acceptors (Lipinski definition) is 8. The summed E-state index contributed by atoms with van der Waals surface area (Å²) in [6.45, 7) is 1.12. The number of phenolic OH excluding ortho intramolecular Hbond substituents is 2. The lowest BCUT2D eigenvalue weighted by atomic mass is 9.97. The van der Waals surface area contributed by atoms with E-state index in [0.29, 0.717) is 0 Å². The Kier molecular flexibility index (Phi) is 4.62. The maximum atomic E-state index is 12.7. The van der Waals surface area contributed by atoms with Crippen LogP contribution in [0.5, 0.6) is 11.5 Å². The van der Waals surface area contributed by atoms with Crippen LogP contribution in [-0.2, 0) is 19.4 Å². The fraction of sp³-hybridized carbons (Fsp3) is 0.333. The number of β-lactam (4-membered cyclic amide) rings is 1. The summed E-state index contributed by atoms with van der Waals surface area (Å²) >= 11 is 2.94. The minimum atomic E-state index is -4.10. The molecule has 2 amide bonds. The van der Waals surface area contributed by atoms with Crippen LogP contribution in [0.1, 0.15) is 23.7 Å². The number of carbonyl (C=O) groups excluding carboxylic acids is 2. The number of halogens is 1. The molecule has 13 heteroatoms. The normalized spacial score (nSPS) is 28.1. The van der Waals surface area contributed by atoms with Crippen molar-refractivity contribution in [2.45, 2.75) is 29.5 Å². The zero-order chi connectivity index (χ0) is 21.0. The summed E-state index contributed by atoms with van der Waals surface area (Å²) < 4.78 is 23.2. The van der Waals surface area contributed by atoms with E-state index in [1.807, 2.05) is 5.43 Å². The molecule has 0 aromatic heterocycles. The van der Waals surface area contributed by atoms with Gasteiger partial charge >= 0.3 is 5.97 Å². The third kappa shape index (κ3) is 2.64. The van der Waals surface area contributed by atoms with Crippen molar-refractivity contribution >= 4 is 49.8 Å². The number of rotatable bonds is 4. The zero-order valence-electron chi connectivity index (χ0n) is 14.2. The number of amides is 2. The molecular formula is C15H14BrN3O8S. The minimum Gasteiger partial charge on any atom is -0.504 e. The number of aliphatic carboxylic acids is 1. The first-order valence-corrected chi connectivity index (χ1v) is 10.1. The Morgan fingerprint density at radius 1 is 1.39 bits per heavy atom. The van der Waals surface area contributed by atoms with E-state index in [1.54, 1.807) is 0 Å². The molecule has 4 N–H and O–H groups in total. The van der Waals surface area contributed by atoms with Crippen molar-refractivity contribution in [3.05, 3.63) is 22.2 Å². The molecule has 0 aliphatic carbocycles. The standard InChI is InChI=1S/C15H14BrN3O8S/c1-15(12(14(24)25)19-8(21)4-9(19)28(15,26)27)5-17-18-13(23)6-2-3-7(20)11(22)10(6)16/h2-3,5,9,12,20,22H,4H2,1H3,(H,18,23)(H,24,25)/b17-5+/t9-,12+,15+/m1/s1. The Bertz CT molecular complexity index is 1040. The van der Waals surface area contributed by atoms with Gasteiger partial charge < -0.3 is 20.2 Å². The molecule has 1 aromatic rings. The number of nitrogens with zero attached hydrogens (tertiary/aromatic N) is 2. The summed E-state index contributed by atoms with van der Waals surface area (Å²) in [5.74, 6) is -3.99. The van der Waals surface area contributed by atoms with Gasteiger partial charge in [-0.1, -0.05) is 0 Å². The van der Waals surface area contributed by atoms with Crippen LogP contribution < -0.4 is 5.43 Å². The van der Waals surface area contributed by atoms with Gasteiger partial charge in [-0.05, 0) is 35.0 Å². The summed E-state index contributed by atoms with van der Waals surface area (Å²) in [4.78, 5) is 36.3. The molecule has 150 valence electrons. The number of hydrazone groups is 1. The van der Waals surface area contributed by atoms with E-state index in [2.05, 4.69) is 21.0 Å². The molecule has 0 bridgehead atoms. The van der Waals surface area contributed by atoms with Gasteiger partial charge in [0.05, 0.1) is 16.5 Å². The third-order valence-electron chi connectivity index (χ3n) is 4.80. The highest BCUT2D eigenvalue weighted by molar-refractivity contribution is 9.10. The van der Waals surface area contributed by atoms with Crippen molar-refractivity contribution in [2.75, 3.05) is 0 Å². The topological polar surface area (TPSA) is 174 Å². The Morgan fingerprint density at radius 3 is 2.61 bits per heavy atom. The van der Waals surface area contributed by atoms with Crippen molar-refractivity contribution in [1.29, 1.82) is 0 Å². The quantitative estimate of drug-likeness (QED) is 0.200. The van der Waals surface area contributed by atoms with Crippen molar-refractivity contribution in [3.8, 4) is 11.5 Å². The van der Waals surface area contributed by atoms with E-state index in [0.717, 1.165) is 24.1 Å². The molecular weight excluding hydrogens is 462 g/mol. The van der Waals surface area contributed by atoms with Gasteiger partial charge in [0, 0.05) is 6.21 Å². The number of carboxylic acids is 1. The summed E-state index contributed by atoms with van der Waals surface area (Å²) in [5.41, 5.74) is 1.93. The van der Waals surface area contributed by atoms with E-state index in [-0.39, 0.29) is 16.5 Å². The van der Waals surface area contributed by atoms with E-state index in [4.69, 9.17) is 0 Å². The van der Waals surface area contributed by atoms with Crippen molar-refractivity contribution in [1.82, 2.24) is 10.3 Å². The molecule has 2 heterocycles. The summed E-state index contributed by atoms with van der Waals surface area (Å²) in [6.07, 6.45) is 0.473. The Morgan fingerprint density at radius 2 is 2.04 bits per heavy atom. The molecule has 2 aliphatic heterocycles. The average Bonchev–Trinajstić information content (AvgIpc) is 2.74. The van der Waals surface area contributed by atoms with Crippen LogP contribution in [0.15, 0.2) is 21.7 Å². The number of phenols is 2.